The van der Waals surface area contributed by atoms with Gasteiger partial charge in [0.2, 0.25) is 0 Å². The Balaban J connectivity index is 1.42. The van der Waals surface area contributed by atoms with Gasteiger partial charge in [0.05, 0.1) is 0 Å². The van der Waals surface area contributed by atoms with Crippen molar-refractivity contribution in [1.82, 2.24) is 10.2 Å². The smallest absolute Gasteiger partial charge is 0.0209 e. The van der Waals surface area contributed by atoms with Crippen LogP contribution in [0.3, 0.4) is 0 Å². The molecule has 0 bridgehead atoms. The van der Waals surface area contributed by atoms with Crippen molar-refractivity contribution in [2.24, 2.45) is 5.92 Å². The van der Waals surface area contributed by atoms with Crippen LogP contribution in [0, 0.1) is 5.92 Å². The van der Waals surface area contributed by atoms with Gasteiger partial charge in [0.25, 0.3) is 0 Å². The van der Waals surface area contributed by atoms with Crippen molar-refractivity contribution >= 4 is 0 Å². The topological polar surface area (TPSA) is 15.3 Å². The summed E-state index contributed by atoms with van der Waals surface area (Å²) in [5.41, 5.74) is 0. The van der Waals surface area contributed by atoms with E-state index >= 15 is 0 Å². The first-order valence-electron chi connectivity index (χ1n) is 8.22. The van der Waals surface area contributed by atoms with E-state index in [2.05, 4.69) is 24.1 Å². The molecule has 1 N–H and O–H groups in total. The molecule has 2 aliphatic rings. The Morgan fingerprint density at radius 2 is 1.78 bits per heavy atom. The Labute approximate surface area is 114 Å². The molecule has 2 nitrogen and oxygen atoms in total. The maximum Gasteiger partial charge on any atom is 0.0209 e. The van der Waals surface area contributed by atoms with Crippen molar-refractivity contribution in [1.29, 1.82) is 0 Å². The number of nitrogens with zero attached hydrogens (tertiary/aromatic N) is 1. The van der Waals surface area contributed by atoms with Gasteiger partial charge in [-0.2, -0.15) is 0 Å². The number of hydrogen-bond donors (Lipinski definition) is 1. The fourth-order valence-corrected chi connectivity index (χ4v) is 3.00. The molecule has 1 saturated carbocycles. The summed E-state index contributed by atoms with van der Waals surface area (Å²) in [5, 5.41) is 3.76. The molecule has 0 aromatic carbocycles. The molecule has 2 rings (SSSR count). The molecule has 0 aromatic rings. The van der Waals surface area contributed by atoms with Crippen molar-refractivity contribution in [2.45, 2.75) is 77.3 Å². The van der Waals surface area contributed by atoms with Gasteiger partial charge in [-0.1, -0.05) is 39.5 Å². The van der Waals surface area contributed by atoms with E-state index in [1.165, 1.54) is 71.0 Å². The summed E-state index contributed by atoms with van der Waals surface area (Å²) in [6.45, 7) is 8.64. The minimum Gasteiger partial charge on any atom is -0.310 e. The van der Waals surface area contributed by atoms with Gasteiger partial charge in [-0.3, -0.25) is 0 Å². The van der Waals surface area contributed by atoms with Gasteiger partial charge in [-0.15, -0.1) is 0 Å². The SMILES string of the molecule is CC(C)CCCCCCN1CCC(NC2CC2)C1. The summed E-state index contributed by atoms with van der Waals surface area (Å²) < 4.78 is 0. The first-order chi connectivity index (χ1) is 8.74. The summed E-state index contributed by atoms with van der Waals surface area (Å²) in [6, 6.07) is 1.68. The van der Waals surface area contributed by atoms with Gasteiger partial charge in [0, 0.05) is 18.6 Å². The van der Waals surface area contributed by atoms with E-state index in [4.69, 9.17) is 0 Å². The summed E-state index contributed by atoms with van der Waals surface area (Å²) in [6.07, 6.45) is 11.4. The van der Waals surface area contributed by atoms with Crippen molar-refractivity contribution in [3.05, 3.63) is 0 Å². The minimum absolute atomic E-state index is 0.804. The van der Waals surface area contributed by atoms with Crippen molar-refractivity contribution < 1.29 is 0 Å². The van der Waals surface area contributed by atoms with Gasteiger partial charge >= 0.3 is 0 Å². The van der Waals surface area contributed by atoms with Crippen LogP contribution in [0.1, 0.15) is 65.2 Å². The van der Waals surface area contributed by atoms with E-state index in [1.54, 1.807) is 0 Å². The van der Waals surface area contributed by atoms with E-state index in [0.29, 0.717) is 0 Å². The lowest BCUT2D eigenvalue weighted by Gasteiger charge is -2.16. The second-order valence-electron chi connectivity index (χ2n) is 6.82. The van der Waals surface area contributed by atoms with E-state index in [9.17, 15) is 0 Å². The molecular formula is C16H32N2. The molecule has 0 amide bonds. The lowest BCUT2D eigenvalue weighted by atomic mass is 10.0. The average Bonchev–Trinajstić information content (AvgIpc) is 3.02. The van der Waals surface area contributed by atoms with Crippen molar-refractivity contribution in [2.75, 3.05) is 19.6 Å². The first kappa shape index (κ1) is 14.3. The van der Waals surface area contributed by atoms with Crippen molar-refractivity contribution in [3.63, 3.8) is 0 Å². The van der Waals surface area contributed by atoms with Crippen LogP contribution in [0.4, 0.5) is 0 Å². The quantitative estimate of drug-likeness (QED) is 0.633. The van der Waals surface area contributed by atoms with Gasteiger partial charge in [-0.05, 0) is 44.7 Å². The molecule has 18 heavy (non-hydrogen) atoms. The molecule has 0 spiro atoms. The Morgan fingerprint density at radius 1 is 1.00 bits per heavy atom. The predicted octanol–water partition coefficient (Wildman–Crippen LogP) is 3.42. The lowest BCUT2D eigenvalue weighted by molar-refractivity contribution is 0.316. The maximum atomic E-state index is 3.76. The third-order valence-corrected chi connectivity index (χ3v) is 4.33. The zero-order chi connectivity index (χ0) is 12.8. The highest BCUT2D eigenvalue weighted by Gasteiger charge is 2.28. The Hall–Kier alpha value is -0.0800. The second-order valence-corrected chi connectivity index (χ2v) is 6.82. The molecule has 106 valence electrons. The number of likely N-dealkylation sites (tertiary alicyclic amines) is 1. The number of nitrogens with one attached hydrogen (secondary N) is 1. The molecular weight excluding hydrogens is 220 g/mol. The number of unbranched alkanes of at least 4 members (excludes halogenated alkanes) is 3. The van der Waals surface area contributed by atoms with E-state index in [0.717, 1.165) is 18.0 Å². The highest BCUT2D eigenvalue weighted by molar-refractivity contribution is 4.89. The van der Waals surface area contributed by atoms with Gasteiger partial charge in [0.1, 0.15) is 0 Å². The monoisotopic (exact) mass is 252 g/mol. The Bertz CT molecular complexity index is 223. The Kier molecular flexibility index (Phi) is 5.97. The minimum atomic E-state index is 0.804. The fraction of sp³-hybridized carbons (Fsp3) is 1.00. The molecule has 2 fully saturated rings. The van der Waals surface area contributed by atoms with Gasteiger partial charge in [-0.25, -0.2) is 0 Å². The zero-order valence-electron chi connectivity index (χ0n) is 12.5. The maximum absolute atomic E-state index is 3.76. The predicted molar refractivity (Wildman–Crippen MR) is 78.9 cm³/mol. The average molecular weight is 252 g/mol. The summed E-state index contributed by atoms with van der Waals surface area (Å²) in [5.74, 6) is 0.887. The van der Waals surface area contributed by atoms with Crippen molar-refractivity contribution in [3.8, 4) is 0 Å². The van der Waals surface area contributed by atoms with E-state index < -0.39 is 0 Å². The molecule has 1 aliphatic heterocycles. The molecule has 1 atom stereocenters. The number of rotatable bonds is 9. The largest absolute Gasteiger partial charge is 0.310 e. The molecule has 1 unspecified atom stereocenters. The molecule has 1 heterocycles. The number of hydrogen-bond acceptors (Lipinski definition) is 2. The third kappa shape index (κ3) is 5.71. The van der Waals surface area contributed by atoms with Crippen LogP contribution >= 0.6 is 0 Å². The van der Waals surface area contributed by atoms with Crippen LogP contribution < -0.4 is 5.32 Å². The van der Waals surface area contributed by atoms with Gasteiger partial charge < -0.3 is 10.2 Å². The van der Waals surface area contributed by atoms with E-state index in [-0.39, 0.29) is 0 Å². The molecule has 1 aliphatic carbocycles. The Morgan fingerprint density at radius 3 is 2.50 bits per heavy atom. The normalized spacial score (nSPS) is 25.2. The highest BCUT2D eigenvalue weighted by Crippen LogP contribution is 2.22. The second kappa shape index (κ2) is 7.49. The standard InChI is InChI=1S/C16H32N2/c1-14(2)7-5-3-4-6-11-18-12-10-16(13-18)17-15-8-9-15/h14-17H,3-13H2,1-2H3. The molecule has 2 heteroatoms. The summed E-state index contributed by atoms with van der Waals surface area (Å²) >= 11 is 0. The molecule has 0 radical (unpaired) electrons. The van der Waals surface area contributed by atoms with Crippen LogP contribution in [0.5, 0.6) is 0 Å². The highest BCUT2D eigenvalue weighted by atomic mass is 15.2. The van der Waals surface area contributed by atoms with Crippen LogP contribution in [0.2, 0.25) is 0 Å². The molecule has 1 saturated heterocycles. The third-order valence-electron chi connectivity index (χ3n) is 4.33. The lowest BCUT2D eigenvalue weighted by Crippen LogP contribution is -2.34. The summed E-state index contributed by atoms with van der Waals surface area (Å²) in [7, 11) is 0. The van der Waals surface area contributed by atoms with E-state index in [1.807, 2.05) is 0 Å². The summed E-state index contributed by atoms with van der Waals surface area (Å²) in [4.78, 5) is 2.67. The van der Waals surface area contributed by atoms with Crippen LogP contribution in [0.25, 0.3) is 0 Å². The zero-order valence-corrected chi connectivity index (χ0v) is 12.5. The fourth-order valence-electron chi connectivity index (χ4n) is 3.00. The first-order valence-corrected chi connectivity index (χ1v) is 8.22. The van der Waals surface area contributed by atoms with Crippen LogP contribution in [0.15, 0.2) is 0 Å². The molecule has 0 aromatic heterocycles. The van der Waals surface area contributed by atoms with Gasteiger partial charge in [0.15, 0.2) is 0 Å². The van der Waals surface area contributed by atoms with Crippen LogP contribution in [-0.2, 0) is 0 Å². The van der Waals surface area contributed by atoms with Crippen LogP contribution in [-0.4, -0.2) is 36.6 Å².